The Bertz CT molecular complexity index is 883. The fourth-order valence-electron chi connectivity index (χ4n) is 4.27. The Hall–Kier alpha value is -2.02. The highest BCUT2D eigenvalue weighted by Crippen LogP contribution is 2.39. The van der Waals surface area contributed by atoms with Crippen molar-refractivity contribution in [2.24, 2.45) is 0 Å². The van der Waals surface area contributed by atoms with Gasteiger partial charge in [-0.25, -0.2) is 0 Å². The summed E-state index contributed by atoms with van der Waals surface area (Å²) in [4.78, 5) is 0. The molecule has 29 heavy (non-hydrogen) atoms. The van der Waals surface area contributed by atoms with Crippen LogP contribution in [-0.4, -0.2) is 35.6 Å². The third-order valence-electron chi connectivity index (χ3n) is 5.94. The second-order valence-corrected chi connectivity index (χ2v) is 8.03. The van der Waals surface area contributed by atoms with Crippen LogP contribution in [-0.2, 0) is 24.0 Å². The first-order chi connectivity index (χ1) is 13.9. The lowest BCUT2D eigenvalue weighted by atomic mass is 9.85. The zero-order chi connectivity index (χ0) is 20.5. The SMILES string of the molecule is Cc1cc(OC(F)F)c(C2CC(O)CC(CO)O2)cc1Cc1ccc2c(c1)CC2. The molecule has 0 saturated carbocycles. The van der Waals surface area contributed by atoms with E-state index in [-0.39, 0.29) is 18.8 Å². The van der Waals surface area contributed by atoms with Gasteiger partial charge in [0, 0.05) is 18.4 Å². The van der Waals surface area contributed by atoms with Crippen LogP contribution in [0, 0.1) is 6.92 Å². The molecule has 4 rings (SSSR count). The van der Waals surface area contributed by atoms with E-state index in [0.717, 1.165) is 24.0 Å². The maximum atomic E-state index is 13.0. The van der Waals surface area contributed by atoms with Crippen molar-refractivity contribution >= 4 is 0 Å². The normalized spacial score (nSPS) is 23.6. The molecule has 1 aliphatic carbocycles. The van der Waals surface area contributed by atoms with Gasteiger partial charge in [0.05, 0.1) is 24.9 Å². The van der Waals surface area contributed by atoms with E-state index in [1.807, 2.05) is 13.0 Å². The fraction of sp³-hybridized carbons (Fsp3) is 0.478. The number of ether oxygens (including phenoxy) is 2. The summed E-state index contributed by atoms with van der Waals surface area (Å²) in [6.07, 6.45) is 1.71. The summed E-state index contributed by atoms with van der Waals surface area (Å²) < 4.78 is 36.6. The lowest BCUT2D eigenvalue weighted by molar-refractivity contribution is -0.116. The number of aliphatic hydroxyl groups is 2. The van der Waals surface area contributed by atoms with Gasteiger partial charge in [0.1, 0.15) is 5.75 Å². The molecule has 0 amide bonds. The second kappa shape index (κ2) is 8.38. The predicted octanol–water partition coefficient (Wildman–Crippen LogP) is 3.86. The van der Waals surface area contributed by atoms with E-state index in [0.29, 0.717) is 18.4 Å². The van der Waals surface area contributed by atoms with E-state index in [9.17, 15) is 19.0 Å². The number of benzene rings is 2. The molecule has 3 unspecified atom stereocenters. The molecule has 1 aliphatic heterocycles. The molecule has 0 aromatic heterocycles. The van der Waals surface area contributed by atoms with Crippen LogP contribution in [0.2, 0.25) is 0 Å². The highest BCUT2D eigenvalue weighted by atomic mass is 19.3. The van der Waals surface area contributed by atoms with Crippen LogP contribution in [0.25, 0.3) is 0 Å². The molecule has 2 aromatic carbocycles. The molecule has 0 spiro atoms. The first-order valence-corrected chi connectivity index (χ1v) is 10.1. The lowest BCUT2D eigenvalue weighted by Gasteiger charge is -2.33. The molecule has 0 radical (unpaired) electrons. The van der Waals surface area contributed by atoms with E-state index in [1.54, 1.807) is 6.07 Å². The first kappa shape index (κ1) is 20.3. The van der Waals surface area contributed by atoms with Crippen LogP contribution in [0.15, 0.2) is 30.3 Å². The van der Waals surface area contributed by atoms with Gasteiger partial charge in [-0.3, -0.25) is 0 Å². The number of fused-ring (bicyclic) bond motifs is 1. The van der Waals surface area contributed by atoms with Crippen LogP contribution in [0.1, 0.15) is 52.3 Å². The van der Waals surface area contributed by atoms with E-state index in [1.165, 1.54) is 16.7 Å². The van der Waals surface area contributed by atoms with Crippen molar-refractivity contribution in [2.45, 2.75) is 64.0 Å². The molecular formula is C23H26F2O4. The molecule has 1 fully saturated rings. The predicted molar refractivity (Wildman–Crippen MR) is 104 cm³/mol. The van der Waals surface area contributed by atoms with Crippen molar-refractivity contribution in [2.75, 3.05) is 6.61 Å². The van der Waals surface area contributed by atoms with E-state index < -0.39 is 24.9 Å². The van der Waals surface area contributed by atoms with Crippen LogP contribution < -0.4 is 4.74 Å². The minimum absolute atomic E-state index is 0.0641. The van der Waals surface area contributed by atoms with Crippen molar-refractivity contribution in [1.82, 2.24) is 0 Å². The largest absolute Gasteiger partial charge is 0.434 e. The quantitative estimate of drug-likeness (QED) is 0.768. The number of aliphatic hydroxyl groups excluding tert-OH is 2. The zero-order valence-corrected chi connectivity index (χ0v) is 16.4. The van der Waals surface area contributed by atoms with Gasteiger partial charge in [0.25, 0.3) is 0 Å². The average Bonchev–Trinajstić information content (AvgIpc) is 2.65. The van der Waals surface area contributed by atoms with Crippen molar-refractivity contribution in [3.63, 3.8) is 0 Å². The first-order valence-electron chi connectivity index (χ1n) is 10.1. The number of hydrogen-bond donors (Lipinski definition) is 2. The Labute approximate surface area is 169 Å². The van der Waals surface area contributed by atoms with Crippen LogP contribution in [0.4, 0.5) is 8.78 Å². The van der Waals surface area contributed by atoms with Gasteiger partial charge in [0.2, 0.25) is 0 Å². The highest BCUT2D eigenvalue weighted by Gasteiger charge is 2.31. The summed E-state index contributed by atoms with van der Waals surface area (Å²) >= 11 is 0. The third kappa shape index (κ3) is 4.44. The molecule has 2 aliphatic rings. The van der Waals surface area contributed by atoms with Crippen LogP contribution >= 0.6 is 0 Å². The maximum absolute atomic E-state index is 13.0. The Morgan fingerprint density at radius 3 is 2.59 bits per heavy atom. The maximum Gasteiger partial charge on any atom is 0.387 e. The lowest BCUT2D eigenvalue weighted by Crippen LogP contribution is -2.33. The van der Waals surface area contributed by atoms with E-state index >= 15 is 0 Å². The minimum atomic E-state index is -2.95. The molecule has 156 valence electrons. The van der Waals surface area contributed by atoms with Gasteiger partial charge in [-0.05, 0) is 66.1 Å². The van der Waals surface area contributed by atoms with Crippen molar-refractivity contribution < 1.29 is 28.5 Å². The molecule has 2 N–H and O–H groups in total. The summed E-state index contributed by atoms with van der Waals surface area (Å²) in [6, 6.07) is 9.96. The number of alkyl halides is 2. The summed E-state index contributed by atoms with van der Waals surface area (Å²) in [5, 5.41) is 19.6. The Morgan fingerprint density at radius 1 is 1.14 bits per heavy atom. The van der Waals surface area contributed by atoms with Crippen molar-refractivity contribution in [3.05, 3.63) is 63.7 Å². The Kier molecular flexibility index (Phi) is 5.86. The van der Waals surface area contributed by atoms with Crippen LogP contribution in [0.3, 0.4) is 0 Å². The smallest absolute Gasteiger partial charge is 0.387 e. The topological polar surface area (TPSA) is 58.9 Å². The number of hydrogen-bond acceptors (Lipinski definition) is 4. The molecule has 3 atom stereocenters. The number of aryl methyl sites for hydroxylation is 3. The van der Waals surface area contributed by atoms with E-state index in [4.69, 9.17) is 9.47 Å². The molecule has 0 bridgehead atoms. The molecule has 2 aromatic rings. The highest BCUT2D eigenvalue weighted by molar-refractivity contribution is 5.47. The average molecular weight is 404 g/mol. The van der Waals surface area contributed by atoms with Gasteiger partial charge < -0.3 is 19.7 Å². The van der Waals surface area contributed by atoms with Crippen molar-refractivity contribution in [3.8, 4) is 5.75 Å². The summed E-state index contributed by atoms with van der Waals surface area (Å²) in [5.74, 6) is 0.0641. The van der Waals surface area contributed by atoms with Gasteiger partial charge in [0.15, 0.2) is 0 Å². The summed E-state index contributed by atoms with van der Waals surface area (Å²) in [7, 11) is 0. The minimum Gasteiger partial charge on any atom is -0.434 e. The number of halogens is 2. The van der Waals surface area contributed by atoms with Gasteiger partial charge in [-0.15, -0.1) is 0 Å². The zero-order valence-electron chi connectivity index (χ0n) is 16.4. The van der Waals surface area contributed by atoms with Crippen LogP contribution in [0.5, 0.6) is 5.75 Å². The summed E-state index contributed by atoms with van der Waals surface area (Å²) in [5.41, 5.74) is 6.31. The Morgan fingerprint density at radius 2 is 1.93 bits per heavy atom. The second-order valence-electron chi connectivity index (χ2n) is 8.03. The van der Waals surface area contributed by atoms with E-state index in [2.05, 4.69) is 18.2 Å². The molecule has 1 heterocycles. The monoisotopic (exact) mass is 404 g/mol. The molecule has 1 saturated heterocycles. The Balaban J connectivity index is 1.67. The third-order valence-corrected chi connectivity index (χ3v) is 5.94. The molecule has 4 nitrogen and oxygen atoms in total. The standard InChI is InChI=1S/C23H26F2O4/c1-13-6-21(29-23(24)25)20(22-11-18(27)10-19(12-26)28-22)9-17(13)8-14-2-3-15-4-5-16(15)7-14/h2-3,6-7,9,18-19,22-23,26-27H,4-5,8,10-12H2,1H3. The van der Waals surface area contributed by atoms with Gasteiger partial charge in [-0.2, -0.15) is 8.78 Å². The molecular weight excluding hydrogens is 378 g/mol. The van der Waals surface area contributed by atoms with Gasteiger partial charge >= 0.3 is 6.61 Å². The van der Waals surface area contributed by atoms with Gasteiger partial charge in [-0.1, -0.05) is 18.2 Å². The van der Waals surface area contributed by atoms with Crippen molar-refractivity contribution in [1.29, 1.82) is 0 Å². The fourth-order valence-corrected chi connectivity index (χ4v) is 4.27. The molecule has 6 heteroatoms. The number of rotatable bonds is 6. The summed E-state index contributed by atoms with van der Waals surface area (Å²) in [6.45, 7) is -1.30.